The van der Waals surface area contributed by atoms with E-state index in [1.807, 2.05) is 0 Å². The number of nitrogens with two attached hydrogens (primary N) is 1. The van der Waals surface area contributed by atoms with Crippen LogP contribution >= 0.6 is 11.6 Å². The summed E-state index contributed by atoms with van der Waals surface area (Å²) in [5.74, 6) is -0.0938. The number of nitrogens with zero attached hydrogens (tertiary/aromatic N) is 3. The molecule has 3 N–H and O–H groups in total. The van der Waals surface area contributed by atoms with E-state index in [4.69, 9.17) is 22.5 Å². The van der Waals surface area contributed by atoms with Gasteiger partial charge >= 0.3 is 0 Å². The van der Waals surface area contributed by atoms with Gasteiger partial charge in [-0.1, -0.05) is 16.8 Å². The highest BCUT2D eigenvalue weighted by Gasteiger charge is 2.27. The summed E-state index contributed by atoms with van der Waals surface area (Å²) < 4.78 is 0. The van der Waals surface area contributed by atoms with Crippen molar-refractivity contribution in [2.45, 2.75) is 12.8 Å². The molecule has 0 bridgehead atoms. The predicted octanol–water partition coefficient (Wildman–Crippen LogP) is 1.33. The summed E-state index contributed by atoms with van der Waals surface area (Å²) in [6.07, 6.45) is 3.08. The lowest BCUT2D eigenvalue weighted by Gasteiger charge is -2.31. The normalized spacial score (nSPS) is 20.4. The van der Waals surface area contributed by atoms with E-state index in [9.17, 15) is 4.79 Å². The van der Waals surface area contributed by atoms with Crippen LogP contribution in [0.4, 0.5) is 0 Å². The molecule has 0 aliphatic carbocycles. The molecule has 0 saturated carbocycles. The van der Waals surface area contributed by atoms with E-state index in [1.165, 1.54) is 6.20 Å². The Morgan fingerprint density at radius 1 is 1.58 bits per heavy atom. The van der Waals surface area contributed by atoms with Crippen LogP contribution in [0.1, 0.15) is 23.3 Å². The molecule has 0 radical (unpaired) electrons. The van der Waals surface area contributed by atoms with Crippen molar-refractivity contribution in [1.82, 2.24) is 9.88 Å². The number of carbonyl (C=O) groups excluding carboxylic acids is 1. The number of hydrogen-bond donors (Lipinski definition) is 2. The van der Waals surface area contributed by atoms with Crippen molar-refractivity contribution in [3.05, 3.63) is 29.0 Å². The SMILES string of the molecule is NC(=NO)C1CCCN(C(=O)c2ccc(Cl)cn2)C1. The van der Waals surface area contributed by atoms with Crippen LogP contribution in [0.25, 0.3) is 0 Å². The van der Waals surface area contributed by atoms with Crippen molar-refractivity contribution < 1.29 is 10.0 Å². The fourth-order valence-corrected chi connectivity index (χ4v) is 2.26. The zero-order valence-electron chi connectivity index (χ0n) is 10.3. The molecule has 1 saturated heterocycles. The Morgan fingerprint density at radius 2 is 2.37 bits per heavy atom. The smallest absolute Gasteiger partial charge is 0.272 e. The van der Waals surface area contributed by atoms with E-state index in [0.29, 0.717) is 23.8 Å². The molecule has 102 valence electrons. The first-order valence-corrected chi connectivity index (χ1v) is 6.38. The first-order valence-electron chi connectivity index (χ1n) is 6.00. The maximum Gasteiger partial charge on any atom is 0.272 e. The first kappa shape index (κ1) is 13.6. The van der Waals surface area contributed by atoms with Gasteiger partial charge in [-0.3, -0.25) is 4.79 Å². The highest BCUT2D eigenvalue weighted by Crippen LogP contribution is 2.18. The highest BCUT2D eigenvalue weighted by atomic mass is 35.5. The second kappa shape index (κ2) is 5.88. The monoisotopic (exact) mass is 282 g/mol. The molecule has 19 heavy (non-hydrogen) atoms. The van der Waals surface area contributed by atoms with E-state index < -0.39 is 0 Å². The molecule has 7 heteroatoms. The summed E-state index contributed by atoms with van der Waals surface area (Å²) in [6.45, 7) is 1.09. The van der Waals surface area contributed by atoms with Gasteiger partial charge < -0.3 is 15.8 Å². The quantitative estimate of drug-likeness (QED) is 0.370. The largest absolute Gasteiger partial charge is 0.409 e. The van der Waals surface area contributed by atoms with Gasteiger partial charge in [0.25, 0.3) is 5.91 Å². The molecular weight excluding hydrogens is 268 g/mol. The van der Waals surface area contributed by atoms with Gasteiger partial charge in [0.2, 0.25) is 0 Å². The van der Waals surface area contributed by atoms with Crippen LogP contribution in [0.15, 0.2) is 23.5 Å². The molecule has 0 spiro atoms. The fourth-order valence-electron chi connectivity index (χ4n) is 2.15. The van der Waals surface area contributed by atoms with Gasteiger partial charge in [-0.05, 0) is 25.0 Å². The molecule has 1 amide bonds. The van der Waals surface area contributed by atoms with Gasteiger partial charge in [0.15, 0.2) is 0 Å². The van der Waals surface area contributed by atoms with Gasteiger partial charge in [-0.25, -0.2) is 4.98 Å². The summed E-state index contributed by atoms with van der Waals surface area (Å²) >= 11 is 5.74. The third-order valence-corrected chi connectivity index (χ3v) is 3.41. The maximum absolute atomic E-state index is 12.2. The molecule has 1 unspecified atom stereocenters. The molecule has 1 aliphatic heterocycles. The fraction of sp³-hybridized carbons (Fsp3) is 0.417. The van der Waals surface area contributed by atoms with E-state index in [0.717, 1.165) is 12.8 Å². The van der Waals surface area contributed by atoms with Crippen molar-refractivity contribution in [1.29, 1.82) is 0 Å². The minimum absolute atomic E-state index is 0.102. The molecular formula is C12H15ClN4O2. The Balaban J connectivity index is 2.09. The summed E-state index contributed by atoms with van der Waals surface area (Å²) in [5, 5.41) is 12.2. The number of rotatable bonds is 2. The average Bonchev–Trinajstić information content (AvgIpc) is 2.46. The number of likely N-dealkylation sites (tertiary alicyclic amines) is 1. The van der Waals surface area contributed by atoms with Crippen LogP contribution < -0.4 is 5.73 Å². The van der Waals surface area contributed by atoms with Gasteiger partial charge in [0, 0.05) is 25.2 Å². The minimum Gasteiger partial charge on any atom is -0.409 e. The van der Waals surface area contributed by atoms with E-state index in [-0.39, 0.29) is 17.7 Å². The van der Waals surface area contributed by atoms with Gasteiger partial charge in [0.05, 0.1) is 5.02 Å². The first-order chi connectivity index (χ1) is 9.11. The molecule has 1 aromatic rings. The standard InChI is InChI=1S/C12H15ClN4O2/c13-9-3-4-10(15-6-9)12(18)17-5-1-2-8(7-17)11(14)16-19/h3-4,6,8,19H,1-2,5,7H2,(H2,14,16). The molecule has 2 rings (SSSR count). The van der Waals surface area contributed by atoms with Crippen molar-refractivity contribution >= 4 is 23.3 Å². The van der Waals surface area contributed by atoms with Crippen LogP contribution in [-0.4, -0.2) is 39.9 Å². The average molecular weight is 283 g/mol. The third-order valence-electron chi connectivity index (χ3n) is 3.19. The Morgan fingerprint density at radius 3 is 3.00 bits per heavy atom. The molecule has 6 nitrogen and oxygen atoms in total. The second-order valence-electron chi connectivity index (χ2n) is 4.48. The summed E-state index contributed by atoms with van der Waals surface area (Å²) in [4.78, 5) is 17.9. The maximum atomic E-state index is 12.2. The van der Waals surface area contributed by atoms with Crippen LogP contribution in [0.2, 0.25) is 5.02 Å². The number of amides is 1. The zero-order valence-corrected chi connectivity index (χ0v) is 11.0. The van der Waals surface area contributed by atoms with Crippen LogP contribution in [0.5, 0.6) is 0 Å². The Labute approximate surface area is 115 Å². The topological polar surface area (TPSA) is 91.8 Å². The Hall–Kier alpha value is -1.82. The number of oxime groups is 1. The number of carbonyl (C=O) groups is 1. The lowest BCUT2D eigenvalue weighted by molar-refractivity contribution is 0.0695. The third kappa shape index (κ3) is 3.14. The Kier molecular flexibility index (Phi) is 4.21. The molecule has 1 aliphatic rings. The molecule has 2 heterocycles. The summed E-state index contributed by atoms with van der Waals surface area (Å²) in [6, 6.07) is 3.23. The predicted molar refractivity (Wildman–Crippen MR) is 71.3 cm³/mol. The summed E-state index contributed by atoms with van der Waals surface area (Å²) in [5.41, 5.74) is 5.95. The highest BCUT2D eigenvalue weighted by molar-refractivity contribution is 6.30. The van der Waals surface area contributed by atoms with E-state index >= 15 is 0 Å². The number of pyridine rings is 1. The number of piperidine rings is 1. The lowest BCUT2D eigenvalue weighted by Crippen LogP contribution is -2.44. The van der Waals surface area contributed by atoms with Crippen molar-refractivity contribution in [2.75, 3.05) is 13.1 Å². The molecule has 1 aromatic heterocycles. The van der Waals surface area contributed by atoms with Crippen LogP contribution in [0, 0.1) is 5.92 Å². The van der Waals surface area contributed by atoms with Crippen molar-refractivity contribution in [2.24, 2.45) is 16.8 Å². The molecule has 0 aromatic carbocycles. The van der Waals surface area contributed by atoms with Crippen LogP contribution in [-0.2, 0) is 0 Å². The number of halogens is 1. The lowest BCUT2D eigenvalue weighted by atomic mass is 9.97. The number of amidine groups is 1. The molecule has 1 fully saturated rings. The van der Waals surface area contributed by atoms with Crippen molar-refractivity contribution in [3.8, 4) is 0 Å². The Bertz CT molecular complexity index is 489. The van der Waals surface area contributed by atoms with Gasteiger partial charge in [0.1, 0.15) is 11.5 Å². The van der Waals surface area contributed by atoms with Crippen LogP contribution in [0.3, 0.4) is 0 Å². The van der Waals surface area contributed by atoms with Gasteiger partial charge in [-0.15, -0.1) is 0 Å². The van der Waals surface area contributed by atoms with Gasteiger partial charge in [-0.2, -0.15) is 0 Å². The minimum atomic E-state index is -0.160. The molecule has 1 atom stereocenters. The van der Waals surface area contributed by atoms with E-state index in [1.54, 1.807) is 17.0 Å². The number of hydrogen-bond acceptors (Lipinski definition) is 4. The van der Waals surface area contributed by atoms with E-state index in [2.05, 4.69) is 10.1 Å². The van der Waals surface area contributed by atoms with Crippen molar-refractivity contribution in [3.63, 3.8) is 0 Å². The second-order valence-corrected chi connectivity index (χ2v) is 4.91. The number of aromatic nitrogens is 1. The zero-order chi connectivity index (χ0) is 13.8. The summed E-state index contributed by atoms with van der Waals surface area (Å²) in [7, 11) is 0.